The molecule has 0 atom stereocenters. The molecule has 18 heavy (non-hydrogen) atoms. The van der Waals surface area contributed by atoms with Gasteiger partial charge in [-0.05, 0) is 12.1 Å². The summed E-state index contributed by atoms with van der Waals surface area (Å²) >= 11 is 0. The minimum absolute atomic E-state index is 0.179. The number of nitrogens with one attached hydrogen (secondary N) is 1. The molecular formula is C11H14N6O. The Morgan fingerprint density at radius 2 is 2.28 bits per heavy atom. The van der Waals surface area contributed by atoms with Gasteiger partial charge in [0.2, 0.25) is 0 Å². The second-order valence-electron chi connectivity index (χ2n) is 3.87. The molecule has 0 radical (unpaired) electrons. The molecule has 1 amide bonds. The highest BCUT2D eigenvalue weighted by atomic mass is 16.1. The number of carbonyl (C=O) groups excluding carboxylic acids is 1. The van der Waals surface area contributed by atoms with E-state index in [1.807, 2.05) is 13.2 Å². The number of primary amides is 1. The number of aromatic nitrogens is 3. The quantitative estimate of drug-likeness (QED) is 0.708. The van der Waals surface area contributed by atoms with Crippen LogP contribution in [-0.4, -0.2) is 20.7 Å². The van der Waals surface area contributed by atoms with E-state index in [1.54, 1.807) is 16.9 Å². The standard InChI is InChI=1S/C11H14N6O/c1-17-6-7(5-15-17)4-14-11-8(12)2-3-9(16-11)10(13)18/h2-3,5-6H,4,12H2,1H3,(H2,13,18)(H,14,16). The van der Waals surface area contributed by atoms with Crippen LogP contribution < -0.4 is 16.8 Å². The maximum Gasteiger partial charge on any atom is 0.267 e. The van der Waals surface area contributed by atoms with Crippen molar-refractivity contribution in [2.75, 3.05) is 11.1 Å². The Morgan fingerprint density at radius 1 is 1.50 bits per heavy atom. The molecule has 0 spiro atoms. The van der Waals surface area contributed by atoms with Crippen LogP contribution in [0.25, 0.3) is 0 Å². The summed E-state index contributed by atoms with van der Waals surface area (Å²) in [4.78, 5) is 15.1. The molecule has 94 valence electrons. The molecule has 0 saturated heterocycles. The summed E-state index contributed by atoms with van der Waals surface area (Å²) in [5.74, 6) is -0.144. The lowest BCUT2D eigenvalue weighted by atomic mass is 10.3. The maximum atomic E-state index is 11.0. The van der Waals surface area contributed by atoms with Crippen molar-refractivity contribution < 1.29 is 4.79 Å². The first-order chi connectivity index (χ1) is 8.56. The van der Waals surface area contributed by atoms with Crippen molar-refractivity contribution in [3.63, 3.8) is 0 Å². The number of aryl methyl sites for hydroxylation is 1. The fourth-order valence-electron chi connectivity index (χ4n) is 1.50. The molecule has 0 bridgehead atoms. The van der Waals surface area contributed by atoms with E-state index in [0.29, 0.717) is 18.1 Å². The third-order valence-corrected chi connectivity index (χ3v) is 2.40. The first-order valence-corrected chi connectivity index (χ1v) is 5.34. The number of rotatable bonds is 4. The minimum Gasteiger partial charge on any atom is -0.396 e. The molecule has 0 unspecified atom stereocenters. The number of nitrogens with zero attached hydrogens (tertiary/aromatic N) is 3. The number of hydrogen-bond donors (Lipinski definition) is 3. The number of pyridine rings is 1. The van der Waals surface area contributed by atoms with Crippen LogP contribution in [0.4, 0.5) is 11.5 Å². The molecular weight excluding hydrogens is 232 g/mol. The van der Waals surface area contributed by atoms with Gasteiger partial charge in [0.05, 0.1) is 11.9 Å². The van der Waals surface area contributed by atoms with Gasteiger partial charge < -0.3 is 16.8 Å². The Kier molecular flexibility index (Phi) is 3.13. The zero-order valence-corrected chi connectivity index (χ0v) is 9.92. The number of nitrogen functional groups attached to an aromatic ring is 1. The molecule has 0 aliphatic heterocycles. The normalized spacial score (nSPS) is 10.3. The summed E-state index contributed by atoms with van der Waals surface area (Å²) < 4.78 is 1.70. The van der Waals surface area contributed by atoms with Gasteiger partial charge in [-0.25, -0.2) is 4.98 Å². The van der Waals surface area contributed by atoms with Gasteiger partial charge in [0.25, 0.3) is 5.91 Å². The smallest absolute Gasteiger partial charge is 0.267 e. The van der Waals surface area contributed by atoms with Gasteiger partial charge in [-0.3, -0.25) is 9.48 Å². The molecule has 0 fully saturated rings. The van der Waals surface area contributed by atoms with Crippen LogP contribution >= 0.6 is 0 Å². The second-order valence-corrected chi connectivity index (χ2v) is 3.87. The van der Waals surface area contributed by atoms with Gasteiger partial charge in [-0.1, -0.05) is 0 Å². The highest BCUT2D eigenvalue weighted by Crippen LogP contribution is 2.16. The zero-order valence-electron chi connectivity index (χ0n) is 9.92. The van der Waals surface area contributed by atoms with Crippen LogP contribution in [-0.2, 0) is 13.6 Å². The summed E-state index contributed by atoms with van der Waals surface area (Å²) in [5, 5.41) is 7.09. The van der Waals surface area contributed by atoms with Gasteiger partial charge >= 0.3 is 0 Å². The van der Waals surface area contributed by atoms with E-state index < -0.39 is 5.91 Å². The lowest BCUT2D eigenvalue weighted by molar-refractivity contribution is 0.0996. The van der Waals surface area contributed by atoms with Crippen LogP contribution in [0, 0.1) is 0 Å². The van der Waals surface area contributed by atoms with E-state index in [9.17, 15) is 4.79 Å². The van der Waals surface area contributed by atoms with Gasteiger partial charge in [0, 0.05) is 25.4 Å². The number of amides is 1. The number of anilines is 2. The number of carbonyl (C=O) groups is 1. The molecule has 0 aliphatic carbocycles. The van der Waals surface area contributed by atoms with E-state index in [1.165, 1.54) is 6.07 Å². The average molecular weight is 246 g/mol. The van der Waals surface area contributed by atoms with Crippen LogP contribution in [0.5, 0.6) is 0 Å². The molecule has 0 aromatic carbocycles. The van der Waals surface area contributed by atoms with Crippen molar-refractivity contribution in [1.29, 1.82) is 0 Å². The summed E-state index contributed by atoms with van der Waals surface area (Å²) in [6.07, 6.45) is 3.61. The van der Waals surface area contributed by atoms with Gasteiger partial charge in [0.1, 0.15) is 11.5 Å². The van der Waals surface area contributed by atoms with E-state index in [2.05, 4.69) is 15.4 Å². The zero-order chi connectivity index (χ0) is 13.1. The lowest BCUT2D eigenvalue weighted by Gasteiger charge is -2.08. The Hall–Kier alpha value is -2.57. The summed E-state index contributed by atoms with van der Waals surface area (Å²) in [6.45, 7) is 0.521. The monoisotopic (exact) mass is 246 g/mol. The summed E-state index contributed by atoms with van der Waals surface area (Å²) in [6, 6.07) is 3.09. The van der Waals surface area contributed by atoms with Crippen LogP contribution in [0.3, 0.4) is 0 Å². The SMILES string of the molecule is Cn1cc(CNc2nc(C(N)=O)ccc2N)cn1. The average Bonchev–Trinajstić information content (AvgIpc) is 2.74. The Labute approximate surface area is 104 Å². The van der Waals surface area contributed by atoms with Crippen molar-refractivity contribution in [2.45, 2.75) is 6.54 Å². The predicted molar refractivity (Wildman–Crippen MR) is 67.7 cm³/mol. The van der Waals surface area contributed by atoms with E-state index >= 15 is 0 Å². The second kappa shape index (κ2) is 4.74. The summed E-state index contributed by atoms with van der Waals surface area (Å²) in [5.41, 5.74) is 12.6. The van der Waals surface area contributed by atoms with Crippen LogP contribution in [0.2, 0.25) is 0 Å². The third-order valence-electron chi connectivity index (χ3n) is 2.40. The van der Waals surface area contributed by atoms with Crippen molar-refractivity contribution in [2.24, 2.45) is 12.8 Å². The van der Waals surface area contributed by atoms with Crippen molar-refractivity contribution in [1.82, 2.24) is 14.8 Å². The first kappa shape index (κ1) is 11.9. The predicted octanol–water partition coefficient (Wildman–Crippen LogP) is 0.108. The van der Waals surface area contributed by atoms with Crippen molar-refractivity contribution >= 4 is 17.4 Å². The third kappa shape index (κ3) is 2.57. The molecule has 5 N–H and O–H groups in total. The van der Waals surface area contributed by atoms with E-state index in [4.69, 9.17) is 11.5 Å². The number of hydrogen-bond acceptors (Lipinski definition) is 5. The Bertz CT molecular complexity index is 577. The minimum atomic E-state index is -0.584. The molecule has 0 aliphatic rings. The molecule has 2 heterocycles. The molecule has 2 rings (SSSR count). The molecule has 2 aromatic rings. The topological polar surface area (TPSA) is 112 Å². The first-order valence-electron chi connectivity index (χ1n) is 5.34. The van der Waals surface area contributed by atoms with E-state index in [0.717, 1.165) is 5.56 Å². The highest BCUT2D eigenvalue weighted by molar-refractivity contribution is 5.91. The Balaban J connectivity index is 2.13. The van der Waals surface area contributed by atoms with Gasteiger partial charge in [-0.2, -0.15) is 5.10 Å². The fourth-order valence-corrected chi connectivity index (χ4v) is 1.50. The highest BCUT2D eigenvalue weighted by Gasteiger charge is 2.07. The fraction of sp³-hybridized carbons (Fsp3) is 0.182. The van der Waals surface area contributed by atoms with Crippen LogP contribution in [0.1, 0.15) is 16.1 Å². The van der Waals surface area contributed by atoms with Crippen LogP contribution in [0.15, 0.2) is 24.5 Å². The number of nitrogens with two attached hydrogens (primary N) is 2. The maximum absolute atomic E-state index is 11.0. The Morgan fingerprint density at radius 3 is 2.89 bits per heavy atom. The van der Waals surface area contributed by atoms with Crippen molar-refractivity contribution in [3.05, 3.63) is 35.8 Å². The van der Waals surface area contributed by atoms with E-state index in [-0.39, 0.29) is 5.69 Å². The molecule has 2 aromatic heterocycles. The van der Waals surface area contributed by atoms with Gasteiger partial charge in [0.15, 0.2) is 0 Å². The van der Waals surface area contributed by atoms with Crippen molar-refractivity contribution in [3.8, 4) is 0 Å². The largest absolute Gasteiger partial charge is 0.396 e. The van der Waals surface area contributed by atoms with Gasteiger partial charge in [-0.15, -0.1) is 0 Å². The molecule has 7 nitrogen and oxygen atoms in total. The lowest BCUT2D eigenvalue weighted by Crippen LogP contribution is -2.15. The summed E-state index contributed by atoms with van der Waals surface area (Å²) in [7, 11) is 1.84. The molecule has 7 heteroatoms. The molecule has 0 saturated carbocycles.